The molecule has 1 fully saturated rings. The SMILES string of the molecule is COc1cc(C)nc(N2CCN(CCBr)CC2)n1. The van der Waals surface area contributed by atoms with E-state index in [4.69, 9.17) is 4.74 Å². The predicted octanol–water partition coefficient (Wildman–Crippen LogP) is 1.31. The maximum atomic E-state index is 5.19. The van der Waals surface area contributed by atoms with Crippen LogP contribution < -0.4 is 9.64 Å². The van der Waals surface area contributed by atoms with Crippen molar-refractivity contribution in [3.63, 3.8) is 0 Å². The molecule has 2 rings (SSSR count). The van der Waals surface area contributed by atoms with E-state index in [0.717, 1.165) is 49.7 Å². The van der Waals surface area contributed by atoms with Gasteiger partial charge in [-0.2, -0.15) is 4.98 Å². The molecule has 2 heterocycles. The minimum absolute atomic E-state index is 0.639. The minimum atomic E-state index is 0.639. The summed E-state index contributed by atoms with van der Waals surface area (Å²) in [6.45, 7) is 7.14. The average molecular weight is 315 g/mol. The highest BCUT2D eigenvalue weighted by Gasteiger charge is 2.19. The molecule has 0 aromatic carbocycles. The summed E-state index contributed by atoms with van der Waals surface area (Å²) in [5.41, 5.74) is 0.944. The molecule has 1 saturated heterocycles. The van der Waals surface area contributed by atoms with E-state index in [1.54, 1.807) is 7.11 Å². The minimum Gasteiger partial charge on any atom is -0.481 e. The Labute approximate surface area is 116 Å². The van der Waals surface area contributed by atoms with Crippen molar-refractivity contribution in [2.75, 3.05) is 50.1 Å². The number of nitrogens with zero attached hydrogens (tertiary/aromatic N) is 4. The van der Waals surface area contributed by atoms with Crippen LogP contribution in [0.25, 0.3) is 0 Å². The normalized spacial score (nSPS) is 16.9. The van der Waals surface area contributed by atoms with E-state index < -0.39 is 0 Å². The third-order valence-corrected chi connectivity index (χ3v) is 3.44. The topological polar surface area (TPSA) is 41.5 Å². The van der Waals surface area contributed by atoms with Gasteiger partial charge in [0.25, 0.3) is 0 Å². The predicted molar refractivity (Wildman–Crippen MR) is 75.8 cm³/mol. The van der Waals surface area contributed by atoms with Gasteiger partial charge in [0, 0.05) is 49.8 Å². The van der Waals surface area contributed by atoms with E-state index in [1.165, 1.54) is 0 Å². The molecule has 0 atom stereocenters. The van der Waals surface area contributed by atoms with Gasteiger partial charge in [-0.1, -0.05) is 15.9 Å². The average Bonchev–Trinajstić information content (AvgIpc) is 2.39. The molecular weight excluding hydrogens is 296 g/mol. The molecule has 1 aliphatic rings. The quantitative estimate of drug-likeness (QED) is 0.784. The van der Waals surface area contributed by atoms with Crippen LogP contribution in [0.4, 0.5) is 5.95 Å². The van der Waals surface area contributed by atoms with Crippen molar-refractivity contribution in [1.82, 2.24) is 14.9 Å². The van der Waals surface area contributed by atoms with Crippen molar-refractivity contribution in [1.29, 1.82) is 0 Å². The number of anilines is 1. The number of hydrogen-bond donors (Lipinski definition) is 0. The molecule has 1 aliphatic heterocycles. The maximum Gasteiger partial charge on any atom is 0.228 e. The number of piperazine rings is 1. The van der Waals surface area contributed by atoms with Crippen molar-refractivity contribution < 1.29 is 4.74 Å². The molecule has 1 aromatic heterocycles. The third kappa shape index (κ3) is 3.32. The zero-order valence-electron chi connectivity index (χ0n) is 10.9. The van der Waals surface area contributed by atoms with E-state index >= 15 is 0 Å². The number of rotatable bonds is 4. The summed E-state index contributed by atoms with van der Waals surface area (Å²) in [4.78, 5) is 13.6. The van der Waals surface area contributed by atoms with Crippen LogP contribution in [0.2, 0.25) is 0 Å². The second-order valence-electron chi connectivity index (χ2n) is 4.37. The van der Waals surface area contributed by atoms with Crippen LogP contribution in [0.5, 0.6) is 5.88 Å². The van der Waals surface area contributed by atoms with Crippen LogP contribution in [0, 0.1) is 6.92 Å². The van der Waals surface area contributed by atoms with Gasteiger partial charge >= 0.3 is 0 Å². The van der Waals surface area contributed by atoms with Crippen molar-refractivity contribution in [3.05, 3.63) is 11.8 Å². The summed E-state index contributed by atoms with van der Waals surface area (Å²) in [7, 11) is 1.64. The smallest absolute Gasteiger partial charge is 0.228 e. The Morgan fingerprint density at radius 1 is 1.28 bits per heavy atom. The molecule has 0 spiro atoms. The van der Waals surface area contributed by atoms with Gasteiger partial charge in [-0.3, -0.25) is 4.90 Å². The Morgan fingerprint density at radius 2 is 2.00 bits per heavy atom. The van der Waals surface area contributed by atoms with Gasteiger partial charge in [0.05, 0.1) is 7.11 Å². The van der Waals surface area contributed by atoms with E-state index in [9.17, 15) is 0 Å². The highest BCUT2D eigenvalue weighted by molar-refractivity contribution is 9.09. The Balaban J connectivity index is 2.02. The molecule has 0 aliphatic carbocycles. The summed E-state index contributed by atoms with van der Waals surface area (Å²) in [6.07, 6.45) is 0. The Hall–Kier alpha value is -0.880. The van der Waals surface area contributed by atoms with Gasteiger partial charge in [-0.05, 0) is 6.92 Å². The lowest BCUT2D eigenvalue weighted by Crippen LogP contribution is -2.47. The lowest BCUT2D eigenvalue weighted by Gasteiger charge is -2.34. The first-order chi connectivity index (χ1) is 8.72. The molecule has 0 bridgehead atoms. The number of aryl methyl sites for hydroxylation is 1. The number of aromatic nitrogens is 2. The fourth-order valence-corrected chi connectivity index (χ4v) is 2.56. The molecule has 100 valence electrons. The second kappa shape index (κ2) is 6.33. The molecule has 6 heteroatoms. The summed E-state index contributed by atoms with van der Waals surface area (Å²) in [6, 6.07) is 1.85. The van der Waals surface area contributed by atoms with Crippen LogP contribution in [0.3, 0.4) is 0 Å². The number of alkyl halides is 1. The molecule has 18 heavy (non-hydrogen) atoms. The van der Waals surface area contributed by atoms with Crippen LogP contribution in [0.15, 0.2) is 6.07 Å². The molecular formula is C12H19BrN4O. The largest absolute Gasteiger partial charge is 0.481 e. The molecule has 0 amide bonds. The zero-order chi connectivity index (χ0) is 13.0. The summed E-state index contributed by atoms with van der Waals surface area (Å²) in [5.74, 6) is 1.42. The van der Waals surface area contributed by atoms with Gasteiger partial charge in [0.15, 0.2) is 0 Å². The summed E-state index contributed by atoms with van der Waals surface area (Å²) >= 11 is 3.48. The fourth-order valence-electron chi connectivity index (χ4n) is 2.06. The van der Waals surface area contributed by atoms with E-state index in [1.807, 2.05) is 13.0 Å². The lowest BCUT2D eigenvalue weighted by molar-refractivity contribution is 0.272. The van der Waals surface area contributed by atoms with Crippen molar-refractivity contribution in [2.45, 2.75) is 6.92 Å². The van der Waals surface area contributed by atoms with E-state index in [0.29, 0.717) is 5.88 Å². The molecule has 1 aromatic rings. The monoisotopic (exact) mass is 314 g/mol. The summed E-state index contributed by atoms with van der Waals surface area (Å²) < 4.78 is 5.19. The lowest BCUT2D eigenvalue weighted by atomic mass is 10.3. The van der Waals surface area contributed by atoms with Crippen LogP contribution >= 0.6 is 15.9 Å². The van der Waals surface area contributed by atoms with Gasteiger partial charge in [-0.15, -0.1) is 0 Å². The first kappa shape index (κ1) is 13.5. The van der Waals surface area contributed by atoms with E-state index in [-0.39, 0.29) is 0 Å². The highest BCUT2D eigenvalue weighted by Crippen LogP contribution is 2.16. The molecule has 5 nitrogen and oxygen atoms in total. The summed E-state index contributed by atoms with van der Waals surface area (Å²) in [5, 5.41) is 1.03. The first-order valence-electron chi connectivity index (χ1n) is 6.16. The Morgan fingerprint density at radius 3 is 2.61 bits per heavy atom. The van der Waals surface area contributed by atoms with E-state index in [2.05, 4.69) is 35.7 Å². The molecule has 0 N–H and O–H groups in total. The number of halogens is 1. The Bertz CT molecular complexity index is 394. The number of ether oxygens (including phenoxy) is 1. The third-order valence-electron chi connectivity index (χ3n) is 3.08. The van der Waals surface area contributed by atoms with Crippen molar-refractivity contribution in [3.8, 4) is 5.88 Å². The van der Waals surface area contributed by atoms with Crippen LogP contribution in [-0.4, -0.2) is 60.0 Å². The molecule has 0 radical (unpaired) electrons. The number of hydrogen-bond acceptors (Lipinski definition) is 5. The van der Waals surface area contributed by atoms with Gasteiger partial charge in [-0.25, -0.2) is 4.98 Å². The Kier molecular flexibility index (Phi) is 4.77. The second-order valence-corrected chi connectivity index (χ2v) is 5.16. The zero-order valence-corrected chi connectivity index (χ0v) is 12.5. The fraction of sp³-hybridized carbons (Fsp3) is 0.667. The van der Waals surface area contributed by atoms with Crippen LogP contribution in [-0.2, 0) is 0 Å². The van der Waals surface area contributed by atoms with Gasteiger partial charge in [0.2, 0.25) is 11.8 Å². The molecule has 0 saturated carbocycles. The highest BCUT2D eigenvalue weighted by atomic mass is 79.9. The van der Waals surface area contributed by atoms with Crippen molar-refractivity contribution in [2.24, 2.45) is 0 Å². The number of methoxy groups -OCH3 is 1. The maximum absolute atomic E-state index is 5.19. The van der Waals surface area contributed by atoms with Crippen LogP contribution in [0.1, 0.15) is 5.69 Å². The van der Waals surface area contributed by atoms with Gasteiger partial charge in [0.1, 0.15) is 0 Å². The standard InChI is InChI=1S/C12H19BrN4O/c1-10-9-11(18-2)15-12(14-10)17-7-5-16(4-3-13)6-8-17/h9H,3-8H2,1-2H3. The molecule has 0 unspecified atom stereocenters. The van der Waals surface area contributed by atoms with Crippen molar-refractivity contribution >= 4 is 21.9 Å². The first-order valence-corrected chi connectivity index (χ1v) is 7.28. The van der Waals surface area contributed by atoms with Gasteiger partial charge < -0.3 is 9.64 Å².